The predicted molar refractivity (Wildman–Crippen MR) is 111 cm³/mol. The lowest BCUT2D eigenvalue weighted by molar-refractivity contribution is 0.629. The fourth-order valence-corrected chi connectivity index (χ4v) is 3.26. The first-order valence-electron chi connectivity index (χ1n) is 7.74. The van der Waals surface area contributed by atoms with Crippen LogP contribution >= 0.6 is 35.6 Å². The molecule has 0 unspecified atom stereocenters. The minimum absolute atomic E-state index is 0. The van der Waals surface area contributed by atoms with Crippen LogP contribution in [0.3, 0.4) is 0 Å². The van der Waals surface area contributed by atoms with Crippen LogP contribution in [-0.4, -0.2) is 24.7 Å². The van der Waals surface area contributed by atoms with Crippen molar-refractivity contribution < 1.29 is 4.39 Å². The molecule has 0 aliphatic heterocycles. The van der Waals surface area contributed by atoms with Crippen molar-refractivity contribution in [2.24, 2.45) is 0 Å². The minimum Gasteiger partial charge on any atom is -0.384 e. The highest BCUT2D eigenvalue weighted by Crippen LogP contribution is 2.33. The third-order valence-corrected chi connectivity index (χ3v) is 4.39. The zero-order chi connectivity index (χ0) is 19.8. The highest BCUT2D eigenvalue weighted by atomic mass is 35.5. The number of nitrogen functional groups attached to an aromatic ring is 1. The van der Waals surface area contributed by atoms with Crippen LogP contribution in [0.25, 0.3) is 16.6 Å². The molecule has 0 spiro atoms. The Hall–Kier alpha value is -3.19. The highest BCUT2D eigenvalue weighted by Gasteiger charge is 2.17. The molecule has 0 saturated carbocycles. The topological polar surface area (TPSA) is 118 Å². The standard InChI is InChI=1S/C17H9Cl2FN8.ClH/c18-10-1-8(4-21)2-11(19)16(10)28-6-9-15(27-28)12(20)5-23-17(9)26-14-3-13(22)24-7-25-14;/h1-3,5-7H,(H3,22,23,24,25,26);1H. The molecule has 0 aliphatic carbocycles. The van der Waals surface area contributed by atoms with E-state index in [0.717, 1.165) is 6.20 Å². The minimum atomic E-state index is -0.623. The summed E-state index contributed by atoms with van der Waals surface area (Å²) in [5.41, 5.74) is 6.31. The Labute approximate surface area is 179 Å². The van der Waals surface area contributed by atoms with Crippen LogP contribution in [0, 0.1) is 17.1 Å². The van der Waals surface area contributed by atoms with E-state index < -0.39 is 5.82 Å². The summed E-state index contributed by atoms with van der Waals surface area (Å²) in [6.45, 7) is 0. The van der Waals surface area contributed by atoms with Crippen LogP contribution in [0.1, 0.15) is 5.56 Å². The summed E-state index contributed by atoms with van der Waals surface area (Å²) in [7, 11) is 0. The van der Waals surface area contributed by atoms with E-state index in [2.05, 4.69) is 25.4 Å². The van der Waals surface area contributed by atoms with E-state index in [9.17, 15) is 4.39 Å². The molecule has 12 heteroatoms. The molecule has 3 aromatic heterocycles. The summed E-state index contributed by atoms with van der Waals surface area (Å²) in [6, 6.07) is 6.37. The molecule has 3 heterocycles. The van der Waals surface area contributed by atoms with Gasteiger partial charge in [-0.15, -0.1) is 12.4 Å². The molecule has 4 aromatic rings. The number of rotatable bonds is 3. The summed E-state index contributed by atoms with van der Waals surface area (Å²) >= 11 is 12.5. The molecule has 4 rings (SSSR count). The van der Waals surface area contributed by atoms with Crippen molar-refractivity contribution >= 4 is 64.0 Å². The number of aromatic nitrogens is 5. The van der Waals surface area contributed by atoms with Crippen LogP contribution in [0.2, 0.25) is 10.0 Å². The van der Waals surface area contributed by atoms with Crippen molar-refractivity contribution in [3.05, 3.63) is 58.3 Å². The Morgan fingerprint density at radius 1 is 1.14 bits per heavy atom. The van der Waals surface area contributed by atoms with Crippen molar-refractivity contribution in [2.75, 3.05) is 11.1 Å². The number of fused-ring (bicyclic) bond motifs is 1. The third kappa shape index (κ3) is 3.86. The van der Waals surface area contributed by atoms with Gasteiger partial charge in [0.05, 0.1) is 33.3 Å². The Morgan fingerprint density at radius 2 is 1.86 bits per heavy atom. The predicted octanol–water partition coefficient (Wildman–Crippen LogP) is 4.28. The maximum atomic E-state index is 14.3. The van der Waals surface area contributed by atoms with E-state index >= 15 is 0 Å². The van der Waals surface area contributed by atoms with Crippen molar-refractivity contribution in [1.29, 1.82) is 5.26 Å². The Balaban J connectivity index is 0.00000240. The number of hydrogen-bond donors (Lipinski definition) is 2. The fourth-order valence-electron chi connectivity index (χ4n) is 2.60. The average Bonchev–Trinajstić information content (AvgIpc) is 3.09. The first-order chi connectivity index (χ1) is 13.5. The molecule has 146 valence electrons. The monoisotopic (exact) mass is 450 g/mol. The average molecular weight is 452 g/mol. The number of halogens is 4. The number of nitriles is 1. The van der Waals surface area contributed by atoms with Crippen molar-refractivity contribution in [1.82, 2.24) is 24.7 Å². The summed E-state index contributed by atoms with van der Waals surface area (Å²) in [5.74, 6) is 0.335. The van der Waals surface area contributed by atoms with E-state index in [1.807, 2.05) is 6.07 Å². The molecule has 0 saturated heterocycles. The molecule has 29 heavy (non-hydrogen) atoms. The number of hydrogen-bond acceptors (Lipinski definition) is 7. The van der Waals surface area contributed by atoms with Gasteiger partial charge in [-0.3, -0.25) is 0 Å². The van der Waals surface area contributed by atoms with E-state index in [1.165, 1.54) is 35.4 Å². The first-order valence-corrected chi connectivity index (χ1v) is 8.50. The fraction of sp³-hybridized carbons (Fsp3) is 0. The smallest absolute Gasteiger partial charge is 0.169 e. The molecule has 0 aliphatic rings. The normalized spacial score (nSPS) is 10.4. The van der Waals surface area contributed by atoms with Gasteiger partial charge in [0.15, 0.2) is 5.82 Å². The van der Waals surface area contributed by atoms with Gasteiger partial charge >= 0.3 is 0 Å². The van der Waals surface area contributed by atoms with Gasteiger partial charge in [-0.05, 0) is 12.1 Å². The lowest BCUT2D eigenvalue weighted by atomic mass is 10.2. The zero-order valence-electron chi connectivity index (χ0n) is 14.3. The van der Waals surface area contributed by atoms with Gasteiger partial charge in [0.25, 0.3) is 0 Å². The molecule has 0 atom stereocenters. The number of nitrogens with zero attached hydrogens (tertiary/aromatic N) is 6. The second kappa shape index (κ2) is 8.05. The van der Waals surface area contributed by atoms with Crippen molar-refractivity contribution in [2.45, 2.75) is 0 Å². The molecular weight excluding hydrogens is 442 g/mol. The Morgan fingerprint density at radius 3 is 2.52 bits per heavy atom. The maximum absolute atomic E-state index is 14.3. The van der Waals surface area contributed by atoms with Gasteiger partial charge in [-0.25, -0.2) is 24.0 Å². The molecule has 3 N–H and O–H groups in total. The third-order valence-electron chi connectivity index (χ3n) is 3.81. The Kier molecular flexibility index (Phi) is 5.70. The van der Waals surface area contributed by atoms with Crippen LogP contribution in [0.15, 0.2) is 36.9 Å². The van der Waals surface area contributed by atoms with Gasteiger partial charge < -0.3 is 11.1 Å². The quantitative estimate of drug-likeness (QED) is 0.477. The summed E-state index contributed by atoms with van der Waals surface area (Å²) in [6.07, 6.45) is 3.85. The lowest BCUT2D eigenvalue weighted by Crippen LogP contribution is -1.99. The summed E-state index contributed by atoms with van der Waals surface area (Å²) in [5, 5.41) is 17.0. The molecule has 0 radical (unpaired) electrons. The largest absolute Gasteiger partial charge is 0.384 e. The zero-order valence-corrected chi connectivity index (χ0v) is 16.6. The summed E-state index contributed by atoms with van der Waals surface area (Å²) in [4.78, 5) is 11.9. The molecule has 0 fully saturated rings. The van der Waals surface area contributed by atoms with Crippen molar-refractivity contribution in [3.8, 4) is 11.8 Å². The molecular formula is C17H10Cl3FN8. The number of anilines is 3. The second-order valence-electron chi connectivity index (χ2n) is 5.64. The Bertz CT molecular complexity index is 1240. The SMILES string of the molecule is Cl.N#Cc1cc(Cl)c(-n2cc3c(Nc4cc(N)ncn4)ncc(F)c3n2)c(Cl)c1. The van der Waals surface area contributed by atoms with Gasteiger partial charge in [-0.1, -0.05) is 23.2 Å². The van der Waals surface area contributed by atoms with Crippen LogP contribution in [0.4, 0.5) is 21.8 Å². The van der Waals surface area contributed by atoms with Gasteiger partial charge in [0, 0.05) is 12.3 Å². The van der Waals surface area contributed by atoms with E-state index in [1.54, 1.807) is 0 Å². The number of nitrogens with one attached hydrogen (secondary N) is 1. The number of benzene rings is 1. The number of pyridine rings is 1. The first kappa shape index (κ1) is 20.5. The van der Waals surface area contributed by atoms with E-state index in [4.69, 9.17) is 34.2 Å². The van der Waals surface area contributed by atoms with E-state index in [0.29, 0.717) is 28.3 Å². The molecule has 0 amide bonds. The van der Waals surface area contributed by atoms with Crippen LogP contribution in [0.5, 0.6) is 0 Å². The maximum Gasteiger partial charge on any atom is 0.169 e. The highest BCUT2D eigenvalue weighted by molar-refractivity contribution is 6.38. The van der Waals surface area contributed by atoms with Crippen molar-refractivity contribution in [3.63, 3.8) is 0 Å². The molecule has 8 nitrogen and oxygen atoms in total. The summed E-state index contributed by atoms with van der Waals surface area (Å²) < 4.78 is 15.6. The van der Waals surface area contributed by atoms with Gasteiger partial charge in [0.2, 0.25) is 0 Å². The van der Waals surface area contributed by atoms with Crippen LogP contribution < -0.4 is 11.1 Å². The van der Waals surface area contributed by atoms with E-state index in [-0.39, 0.29) is 33.8 Å². The van der Waals surface area contributed by atoms with Crippen LogP contribution in [-0.2, 0) is 0 Å². The lowest BCUT2D eigenvalue weighted by Gasteiger charge is -2.07. The molecule has 1 aromatic carbocycles. The second-order valence-corrected chi connectivity index (χ2v) is 6.46. The number of nitrogens with two attached hydrogens (primary N) is 1. The molecule has 0 bridgehead atoms. The van der Waals surface area contributed by atoms with Gasteiger partial charge in [-0.2, -0.15) is 10.4 Å². The van der Waals surface area contributed by atoms with Gasteiger partial charge in [0.1, 0.15) is 35.0 Å².